The molecule has 1 amide bonds. The smallest absolute Gasteiger partial charge is 0.407 e. The summed E-state index contributed by atoms with van der Waals surface area (Å²) in [5.41, 5.74) is -0.499. The molecule has 3 aliphatic carbocycles. The molecule has 2 bridgehead atoms. The van der Waals surface area contributed by atoms with Crippen LogP contribution < -0.4 is 5.32 Å². The number of nitrogens with one attached hydrogen (secondary N) is 1. The highest BCUT2D eigenvalue weighted by atomic mass is 16.6. The Morgan fingerprint density at radius 3 is 2.26 bits per heavy atom. The number of hydrogen-bond donors (Lipinski definition) is 2. The Bertz CT molecular complexity index is 374. The predicted octanol–water partition coefficient (Wildman–Crippen LogP) is 2.40. The first-order valence-electron chi connectivity index (χ1n) is 6.98. The van der Waals surface area contributed by atoms with E-state index in [1.807, 2.05) is 20.8 Å². The number of hydrogen-bond acceptors (Lipinski definition) is 3. The van der Waals surface area contributed by atoms with E-state index in [0.29, 0.717) is 6.42 Å². The number of rotatable bonds is 2. The maximum absolute atomic E-state index is 11.8. The Morgan fingerprint density at radius 2 is 1.79 bits per heavy atom. The molecule has 108 valence electrons. The van der Waals surface area contributed by atoms with Crippen LogP contribution in [0.2, 0.25) is 0 Å². The Balaban J connectivity index is 1.91. The molecule has 3 rings (SSSR count). The van der Waals surface area contributed by atoms with E-state index in [9.17, 15) is 9.59 Å². The van der Waals surface area contributed by atoms with Gasteiger partial charge in [0, 0.05) is 6.04 Å². The Morgan fingerprint density at radius 1 is 1.16 bits per heavy atom. The van der Waals surface area contributed by atoms with Crippen molar-refractivity contribution in [3.63, 3.8) is 0 Å². The molecular weight excluding hydrogens is 246 g/mol. The normalized spacial score (nSPS) is 33.8. The van der Waals surface area contributed by atoms with Gasteiger partial charge in [0.05, 0.1) is 5.92 Å². The van der Waals surface area contributed by atoms with Gasteiger partial charge in [-0.05, 0) is 58.3 Å². The summed E-state index contributed by atoms with van der Waals surface area (Å²) in [7, 11) is 0. The van der Waals surface area contributed by atoms with Crippen molar-refractivity contribution < 1.29 is 19.4 Å². The number of ether oxygens (including phenoxy) is 1. The van der Waals surface area contributed by atoms with Crippen molar-refractivity contribution in [3.8, 4) is 0 Å². The number of carboxylic acids is 1. The number of aliphatic carboxylic acids is 1. The molecule has 3 saturated carbocycles. The molecule has 4 atom stereocenters. The Hall–Kier alpha value is -1.26. The van der Waals surface area contributed by atoms with Gasteiger partial charge in [-0.3, -0.25) is 4.79 Å². The summed E-state index contributed by atoms with van der Waals surface area (Å²) in [6, 6.07) is 0.0733. The lowest BCUT2D eigenvalue weighted by Crippen LogP contribution is -2.52. The van der Waals surface area contributed by atoms with E-state index in [0.717, 1.165) is 19.3 Å². The van der Waals surface area contributed by atoms with Crippen molar-refractivity contribution in [2.75, 3.05) is 0 Å². The maximum Gasteiger partial charge on any atom is 0.407 e. The van der Waals surface area contributed by atoms with Gasteiger partial charge >= 0.3 is 12.1 Å². The molecule has 0 heterocycles. The highest BCUT2D eigenvalue weighted by Gasteiger charge is 2.45. The zero-order valence-corrected chi connectivity index (χ0v) is 11.8. The van der Waals surface area contributed by atoms with Crippen molar-refractivity contribution in [3.05, 3.63) is 0 Å². The summed E-state index contributed by atoms with van der Waals surface area (Å²) in [5, 5.41) is 12.1. The van der Waals surface area contributed by atoms with Crippen LogP contribution in [0, 0.1) is 17.8 Å². The van der Waals surface area contributed by atoms with Gasteiger partial charge in [-0.25, -0.2) is 4.79 Å². The van der Waals surface area contributed by atoms with Crippen molar-refractivity contribution in [1.29, 1.82) is 0 Å². The van der Waals surface area contributed by atoms with Crippen molar-refractivity contribution in [1.82, 2.24) is 5.32 Å². The van der Waals surface area contributed by atoms with Gasteiger partial charge in [-0.1, -0.05) is 0 Å². The average molecular weight is 269 g/mol. The molecule has 0 aliphatic heterocycles. The minimum absolute atomic E-state index is 0.0733. The van der Waals surface area contributed by atoms with E-state index in [1.54, 1.807) is 0 Å². The van der Waals surface area contributed by atoms with Crippen LogP contribution in [-0.2, 0) is 9.53 Å². The van der Waals surface area contributed by atoms with Crippen LogP contribution in [0.3, 0.4) is 0 Å². The Labute approximate surface area is 113 Å². The number of fused-ring (bicyclic) bond motifs is 3. The number of carbonyl (C=O) groups excluding carboxylic acids is 1. The van der Waals surface area contributed by atoms with E-state index in [-0.39, 0.29) is 23.8 Å². The van der Waals surface area contributed by atoms with Crippen molar-refractivity contribution in [2.24, 2.45) is 17.8 Å². The maximum atomic E-state index is 11.8. The lowest BCUT2D eigenvalue weighted by molar-refractivity contribution is -0.148. The molecule has 5 heteroatoms. The van der Waals surface area contributed by atoms with Crippen LogP contribution in [0.25, 0.3) is 0 Å². The number of carboxylic acid groups (broad SMARTS) is 1. The molecule has 2 N–H and O–H groups in total. The summed E-state index contributed by atoms with van der Waals surface area (Å²) in [4.78, 5) is 22.9. The standard InChI is InChI=1S/C14H23NO4/c1-14(2,3)19-13(18)15-11-7-8-4-5-9(11)6-10(8)12(16)17/h8-11H,4-7H2,1-3H3,(H,15,18)(H,16,17)/t8-,9-,10-,11-/m1/s1. The second kappa shape index (κ2) is 5.02. The van der Waals surface area contributed by atoms with Gasteiger partial charge in [-0.15, -0.1) is 0 Å². The quantitative estimate of drug-likeness (QED) is 0.807. The first kappa shape index (κ1) is 14.2. The molecule has 0 aromatic rings. The highest BCUT2D eigenvalue weighted by molar-refractivity contribution is 5.71. The average Bonchev–Trinajstić information content (AvgIpc) is 2.26. The van der Waals surface area contributed by atoms with Crippen molar-refractivity contribution in [2.45, 2.75) is 58.1 Å². The van der Waals surface area contributed by atoms with Gasteiger partial charge in [0.25, 0.3) is 0 Å². The van der Waals surface area contributed by atoms with Crippen LogP contribution >= 0.6 is 0 Å². The third-order valence-corrected chi connectivity index (χ3v) is 4.18. The fourth-order valence-electron chi connectivity index (χ4n) is 3.37. The van der Waals surface area contributed by atoms with Gasteiger partial charge in [0.15, 0.2) is 0 Å². The minimum atomic E-state index is -0.689. The lowest BCUT2D eigenvalue weighted by Gasteiger charge is -2.45. The van der Waals surface area contributed by atoms with Gasteiger partial charge in [-0.2, -0.15) is 0 Å². The van der Waals surface area contributed by atoms with E-state index >= 15 is 0 Å². The van der Waals surface area contributed by atoms with E-state index in [2.05, 4.69) is 5.32 Å². The number of carbonyl (C=O) groups is 2. The first-order chi connectivity index (χ1) is 8.76. The number of alkyl carbamates (subject to hydrolysis) is 1. The lowest BCUT2D eigenvalue weighted by atomic mass is 9.62. The van der Waals surface area contributed by atoms with Gasteiger partial charge in [0.2, 0.25) is 0 Å². The fourth-order valence-corrected chi connectivity index (χ4v) is 3.37. The molecule has 0 spiro atoms. The highest BCUT2D eigenvalue weighted by Crippen LogP contribution is 2.45. The van der Waals surface area contributed by atoms with E-state index in [4.69, 9.17) is 9.84 Å². The van der Waals surface area contributed by atoms with E-state index in [1.165, 1.54) is 0 Å². The second-order valence-electron chi connectivity index (χ2n) is 6.77. The molecule has 0 aromatic carbocycles. The van der Waals surface area contributed by atoms with Crippen LogP contribution in [-0.4, -0.2) is 28.8 Å². The molecule has 0 radical (unpaired) electrons. The Kier molecular flexibility index (Phi) is 3.74. The summed E-state index contributed by atoms with van der Waals surface area (Å²) < 4.78 is 5.26. The largest absolute Gasteiger partial charge is 0.481 e. The molecule has 19 heavy (non-hydrogen) atoms. The molecule has 0 unspecified atom stereocenters. The van der Waals surface area contributed by atoms with Crippen molar-refractivity contribution >= 4 is 12.1 Å². The number of amides is 1. The summed E-state index contributed by atoms with van der Waals surface area (Å²) in [5.74, 6) is -0.443. The van der Waals surface area contributed by atoms with Crippen LogP contribution in [0.1, 0.15) is 46.5 Å². The van der Waals surface area contributed by atoms with E-state index < -0.39 is 17.7 Å². The SMILES string of the molecule is CC(C)(C)OC(=O)N[C@@H]1C[C@H]2CC[C@@H]1C[C@H]2C(=O)O. The molecular formula is C14H23NO4. The van der Waals surface area contributed by atoms with Gasteiger partial charge < -0.3 is 15.2 Å². The molecule has 5 nitrogen and oxygen atoms in total. The summed E-state index contributed by atoms with van der Waals surface area (Å²) in [6.07, 6.45) is 3.03. The summed E-state index contributed by atoms with van der Waals surface area (Å²) in [6.45, 7) is 5.50. The third kappa shape index (κ3) is 3.39. The topological polar surface area (TPSA) is 75.6 Å². The minimum Gasteiger partial charge on any atom is -0.481 e. The molecule has 3 aliphatic rings. The zero-order chi connectivity index (χ0) is 14.2. The first-order valence-corrected chi connectivity index (χ1v) is 6.98. The molecule has 0 saturated heterocycles. The monoisotopic (exact) mass is 269 g/mol. The van der Waals surface area contributed by atoms with Crippen LogP contribution in [0.5, 0.6) is 0 Å². The van der Waals surface area contributed by atoms with Gasteiger partial charge in [0.1, 0.15) is 5.60 Å². The van der Waals surface area contributed by atoms with Crippen LogP contribution in [0.4, 0.5) is 4.79 Å². The third-order valence-electron chi connectivity index (χ3n) is 4.18. The predicted molar refractivity (Wildman–Crippen MR) is 69.7 cm³/mol. The molecule has 3 fully saturated rings. The zero-order valence-electron chi connectivity index (χ0n) is 11.8. The molecule has 0 aromatic heterocycles. The second-order valence-corrected chi connectivity index (χ2v) is 6.77. The van der Waals surface area contributed by atoms with Crippen LogP contribution in [0.15, 0.2) is 0 Å². The summed E-state index contributed by atoms with van der Waals surface area (Å²) >= 11 is 0. The fraction of sp³-hybridized carbons (Fsp3) is 0.857.